The van der Waals surface area contributed by atoms with E-state index in [-0.39, 0.29) is 10.3 Å². The van der Waals surface area contributed by atoms with Gasteiger partial charge in [0, 0.05) is 25.2 Å². The molecule has 0 aliphatic heterocycles. The molecule has 0 saturated heterocycles. The average Bonchev–Trinajstić information content (AvgIpc) is 3.21. The summed E-state index contributed by atoms with van der Waals surface area (Å²) in [5.74, 6) is 0. The van der Waals surface area contributed by atoms with Crippen molar-refractivity contribution in [2.24, 2.45) is 5.14 Å². The van der Waals surface area contributed by atoms with Crippen LogP contribution in [0.4, 0.5) is 0 Å². The molecule has 0 saturated carbocycles. The second-order valence-corrected chi connectivity index (χ2v) is 10.4. The maximum absolute atomic E-state index is 13.5. The zero-order valence-corrected chi connectivity index (χ0v) is 18.0. The molecule has 2 aromatic heterocycles. The number of benzene rings is 3. The molecule has 0 amide bonds. The lowest BCUT2D eigenvalue weighted by Crippen LogP contribution is -2.11. The molecule has 3 aromatic carbocycles. The molecule has 2 heterocycles. The van der Waals surface area contributed by atoms with Crippen molar-refractivity contribution in [2.75, 3.05) is 0 Å². The predicted octanol–water partition coefficient (Wildman–Crippen LogP) is 5.46. The topological polar surface area (TPSA) is 77.2 Å². The van der Waals surface area contributed by atoms with Gasteiger partial charge in [-0.05, 0) is 64.4 Å². The third-order valence-electron chi connectivity index (χ3n) is 4.98. The molecule has 0 bridgehead atoms. The van der Waals surface area contributed by atoms with Gasteiger partial charge in [0.2, 0.25) is 10.0 Å². The highest BCUT2D eigenvalue weighted by atomic mass is 32.2. The molecule has 0 unspecified atom stereocenters. The van der Waals surface area contributed by atoms with Crippen molar-refractivity contribution in [3.8, 4) is 21.6 Å². The lowest BCUT2D eigenvalue weighted by atomic mass is 9.99. The second kappa shape index (κ2) is 7.14. The number of sulfonamides is 1. The average molecular weight is 450 g/mol. The fourth-order valence-corrected chi connectivity index (χ4v) is 6.02. The van der Waals surface area contributed by atoms with E-state index in [2.05, 4.69) is 0 Å². The Morgan fingerprint density at radius 1 is 0.800 bits per heavy atom. The first-order chi connectivity index (χ1) is 14.4. The maximum Gasteiger partial charge on any atom is 0.238 e. The number of hydrogen-bond acceptors (Lipinski definition) is 5. The molecule has 0 atom stereocenters. The Balaban J connectivity index is 1.82. The number of primary sulfonamides is 1. The summed E-state index contributed by atoms with van der Waals surface area (Å²) in [6.07, 6.45) is 0. The van der Waals surface area contributed by atoms with Gasteiger partial charge < -0.3 is 0 Å². The van der Waals surface area contributed by atoms with Crippen LogP contribution in [0, 0.1) is 0 Å². The molecular weight excluding hydrogens is 434 g/mol. The predicted molar refractivity (Wildman–Crippen MR) is 126 cm³/mol. The van der Waals surface area contributed by atoms with Gasteiger partial charge in [-0.3, -0.25) is 4.79 Å². The van der Waals surface area contributed by atoms with Crippen molar-refractivity contribution in [3.05, 3.63) is 88.4 Å². The summed E-state index contributed by atoms with van der Waals surface area (Å²) >= 11 is 3.18. The molecule has 2 N–H and O–H groups in total. The molecule has 4 nitrogen and oxygen atoms in total. The van der Waals surface area contributed by atoms with E-state index in [1.165, 1.54) is 23.5 Å². The molecule has 0 radical (unpaired) electrons. The van der Waals surface area contributed by atoms with Gasteiger partial charge in [0.05, 0.1) is 4.90 Å². The van der Waals surface area contributed by atoms with Gasteiger partial charge in [0.25, 0.3) is 0 Å². The normalized spacial score (nSPS) is 11.9. The fraction of sp³-hybridized carbons (Fsp3) is 0. The van der Waals surface area contributed by atoms with Crippen LogP contribution in [0.15, 0.2) is 87.9 Å². The molecule has 5 aromatic rings. The summed E-state index contributed by atoms with van der Waals surface area (Å²) in [7, 11) is -3.78. The van der Waals surface area contributed by atoms with Crippen LogP contribution >= 0.6 is 22.7 Å². The Bertz CT molecular complexity index is 1580. The van der Waals surface area contributed by atoms with Crippen LogP contribution in [0.2, 0.25) is 0 Å². The van der Waals surface area contributed by atoms with Crippen LogP contribution in [0.3, 0.4) is 0 Å². The summed E-state index contributed by atoms with van der Waals surface area (Å²) in [5, 5.41) is 9.03. The summed E-state index contributed by atoms with van der Waals surface area (Å²) in [6.45, 7) is 0. The highest BCUT2D eigenvalue weighted by molar-refractivity contribution is 7.89. The summed E-state index contributed by atoms with van der Waals surface area (Å²) in [4.78, 5) is 14.4. The van der Waals surface area contributed by atoms with Crippen molar-refractivity contribution in [2.45, 2.75) is 4.90 Å². The van der Waals surface area contributed by atoms with Gasteiger partial charge in [-0.15, -0.1) is 22.7 Å². The summed E-state index contributed by atoms with van der Waals surface area (Å²) in [5.41, 5.74) is 2.20. The molecule has 0 aliphatic rings. The van der Waals surface area contributed by atoms with Crippen molar-refractivity contribution < 1.29 is 8.42 Å². The lowest BCUT2D eigenvalue weighted by Gasteiger charge is -2.12. The zero-order chi connectivity index (χ0) is 20.9. The SMILES string of the molecule is NS(=O)(=O)c1ccc(-c2sc3ccccc3c(=O)c2-c2ccc3sccc3c2)cc1. The van der Waals surface area contributed by atoms with E-state index in [1.807, 2.05) is 53.9 Å². The van der Waals surface area contributed by atoms with Crippen LogP contribution in [0.25, 0.3) is 41.7 Å². The number of nitrogens with two attached hydrogens (primary N) is 1. The molecule has 0 aliphatic carbocycles. The van der Waals surface area contributed by atoms with Crippen LogP contribution in [0.1, 0.15) is 0 Å². The molecule has 148 valence electrons. The monoisotopic (exact) mass is 449 g/mol. The van der Waals surface area contributed by atoms with Crippen LogP contribution in [-0.2, 0) is 10.0 Å². The third kappa shape index (κ3) is 3.26. The third-order valence-corrected chi connectivity index (χ3v) is 8.03. The quantitative estimate of drug-likeness (QED) is 0.397. The lowest BCUT2D eigenvalue weighted by molar-refractivity contribution is 0.598. The van der Waals surface area contributed by atoms with E-state index in [0.717, 1.165) is 30.8 Å². The standard InChI is InChI=1S/C23H15NO3S3/c24-30(26,27)17-8-5-14(6-9-17)23-21(16-7-10-19-15(13-16)11-12-28-19)22(25)18-3-1-2-4-20(18)29-23/h1-13H,(H2,24,26,27). The van der Waals surface area contributed by atoms with E-state index in [1.54, 1.807) is 23.5 Å². The van der Waals surface area contributed by atoms with Crippen molar-refractivity contribution in [1.82, 2.24) is 0 Å². The Labute approximate surface area is 180 Å². The first-order valence-corrected chi connectivity index (χ1v) is 12.3. The Morgan fingerprint density at radius 2 is 1.53 bits per heavy atom. The Hall–Kier alpha value is -2.84. The van der Waals surface area contributed by atoms with E-state index in [9.17, 15) is 13.2 Å². The number of fused-ring (bicyclic) bond motifs is 2. The van der Waals surface area contributed by atoms with Gasteiger partial charge in [-0.25, -0.2) is 13.6 Å². The smallest absolute Gasteiger partial charge is 0.238 e. The van der Waals surface area contributed by atoms with E-state index < -0.39 is 10.0 Å². The second-order valence-electron chi connectivity index (χ2n) is 6.87. The minimum Gasteiger partial charge on any atom is -0.288 e. The molecular formula is C23H15NO3S3. The van der Waals surface area contributed by atoms with Crippen LogP contribution < -0.4 is 10.6 Å². The fourth-order valence-electron chi connectivity index (χ4n) is 3.53. The van der Waals surface area contributed by atoms with E-state index in [4.69, 9.17) is 5.14 Å². The van der Waals surface area contributed by atoms with Gasteiger partial charge in [-0.2, -0.15) is 0 Å². The van der Waals surface area contributed by atoms with Crippen molar-refractivity contribution in [1.29, 1.82) is 0 Å². The zero-order valence-electron chi connectivity index (χ0n) is 15.5. The van der Waals surface area contributed by atoms with Crippen LogP contribution in [-0.4, -0.2) is 8.42 Å². The number of hydrogen-bond donors (Lipinski definition) is 1. The number of thiophene rings is 1. The Kier molecular flexibility index (Phi) is 4.56. The first-order valence-electron chi connectivity index (χ1n) is 9.08. The summed E-state index contributed by atoms with van der Waals surface area (Å²) < 4.78 is 25.3. The largest absolute Gasteiger partial charge is 0.288 e. The molecule has 7 heteroatoms. The van der Waals surface area contributed by atoms with Gasteiger partial charge in [0.15, 0.2) is 5.43 Å². The van der Waals surface area contributed by atoms with Gasteiger partial charge in [-0.1, -0.05) is 30.3 Å². The minimum atomic E-state index is -3.78. The van der Waals surface area contributed by atoms with Crippen LogP contribution in [0.5, 0.6) is 0 Å². The molecule has 0 spiro atoms. The first kappa shape index (κ1) is 19.1. The van der Waals surface area contributed by atoms with E-state index in [0.29, 0.717) is 10.9 Å². The van der Waals surface area contributed by atoms with Crippen molar-refractivity contribution >= 4 is 52.9 Å². The highest BCUT2D eigenvalue weighted by Gasteiger charge is 2.17. The minimum absolute atomic E-state index is 0.0375. The maximum atomic E-state index is 13.5. The molecule has 30 heavy (non-hydrogen) atoms. The van der Waals surface area contributed by atoms with E-state index >= 15 is 0 Å². The summed E-state index contributed by atoms with van der Waals surface area (Å²) in [6, 6.07) is 22.0. The highest BCUT2D eigenvalue weighted by Crippen LogP contribution is 2.38. The van der Waals surface area contributed by atoms with Crippen molar-refractivity contribution in [3.63, 3.8) is 0 Å². The molecule has 0 fully saturated rings. The van der Waals surface area contributed by atoms with Gasteiger partial charge >= 0.3 is 0 Å². The van der Waals surface area contributed by atoms with Gasteiger partial charge in [0.1, 0.15) is 0 Å². The molecule has 5 rings (SSSR count). The number of rotatable bonds is 3. The Morgan fingerprint density at radius 3 is 2.30 bits per heavy atom.